The number of aryl methyl sites for hydroxylation is 3. The van der Waals surface area contributed by atoms with Gasteiger partial charge in [-0.3, -0.25) is 4.99 Å². The quantitative estimate of drug-likeness (QED) is 0.682. The van der Waals surface area contributed by atoms with Crippen molar-refractivity contribution in [1.82, 2.24) is 0 Å². The maximum atomic E-state index is 10.2. The molecule has 0 radical (unpaired) electrons. The van der Waals surface area contributed by atoms with Gasteiger partial charge < -0.3 is 5.11 Å². The lowest BCUT2D eigenvalue weighted by Gasteiger charge is -2.11. The number of aliphatic imine (C=N–C) groups is 1. The van der Waals surface area contributed by atoms with E-state index >= 15 is 0 Å². The minimum absolute atomic E-state index is 0.411. The highest BCUT2D eigenvalue weighted by molar-refractivity contribution is 7.56. The monoisotopic (exact) mass is 285 g/mol. The Morgan fingerprint density at radius 1 is 1.00 bits per heavy atom. The van der Waals surface area contributed by atoms with E-state index in [-0.39, 0.29) is 0 Å². The minimum Gasteiger partial charge on any atom is -0.507 e. The molecule has 0 spiro atoms. The van der Waals surface area contributed by atoms with Gasteiger partial charge in [-0.15, -0.1) is 0 Å². The van der Waals surface area contributed by atoms with Gasteiger partial charge >= 0.3 is 0 Å². The highest BCUT2D eigenvalue weighted by Crippen LogP contribution is 2.24. The first-order valence-electron chi connectivity index (χ1n) is 6.61. The van der Waals surface area contributed by atoms with Gasteiger partial charge in [0.2, 0.25) is 0 Å². The molecule has 1 atom stereocenters. The average molecular weight is 285 g/mol. The standard InChI is InChI=1S/C17H20NOP/c1-11-5-6-15(14(8-11)10-18-4)20-16-9-12(2)7-13(3)17(16)19/h5-10,19-20H,1-4H3. The van der Waals surface area contributed by atoms with Crippen molar-refractivity contribution in [1.29, 1.82) is 0 Å². The van der Waals surface area contributed by atoms with Gasteiger partial charge in [0, 0.05) is 24.1 Å². The van der Waals surface area contributed by atoms with Gasteiger partial charge in [0.1, 0.15) is 5.75 Å². The van der Waals surface area contributed by atoms with Crippen LogP contribution in [-0.4, -0.2) is 18.4 Å². The Kier molecular flexibility index (Phi) is 4.57. The molecular weight excluding hydrogens is 265 g/mol. The van der Waals surface area contributed by atoms with Crippen LogP contribution in [0.5, 0.6) is 5.75 Å². The van der Waals surface area contributed by atoms with Crippen LogP contribution in [-0.2, 0) is 0 Å². The fraction of sp³-hybridized carbons (Fsp3) is 0.235. The zero-order valence-electron chi connectivity index (χ0n) is 12.4. The van der Waals surface area contributed by atoms with Crippen molar-refractivity contribution in [3.63, 3.8) is 0 Å². The van der Waals surface area contributed by atoms with Crippen LogP contribution in [0, 0.1) is 20.8 Å². The number of rotatable bonds is 3. The normalized spacial score (nSPS) is 11.8. The first-order valence-corrected chi connectivity index (χ1v) is 7.61. The molecule has 2 aromatic rings. The first-order chi connectivity index (χ1) is 9.51. The van der Waals surface area contributed by atoms with E-state index in [0.29, 0.717) is 14.3 Å². The second-order valence-electron chi connectivity index (χ2n) is 5.08. The van der Waals surface area contributed by atoms with Crippen molar-refractivity contribution in [2.24, 2.45) is 4.99 Å². The molecule has 2 aromatic carbocycles. The van der Waals surface area contributed by atoms with E-state index in [2.05, 4.69) is 43.1 Å². The van der Waals surface area contributed by atoms with Gasteiger partial charge in [0.25, 0.3) is 0 Å². The van der Waals surface area contributed by atoms with Crippen molar-refractivity contribution >= 4 is 25.4 Å². The fourth-order valence-corrected chi connectivity index (χ4v) is 3.60. The SMILES string of the molecule is CN=Cc1cc(C)ccc1Pc1cc(C)cc(C)c1O. The summed E-state index contributed by atoms with van der Waals surface area (Å²) in [5.41, 5.74) is 4.47. The molecule has 0 heterocycles. The largest absolute Gasteiger partial charge is 0.507 e. The van der Waals surface area contributed by atoms with E-state index in [1.165, 1.54) is 16.4 Å². The van der Waals surface area contributed by atoms with E-state index in [0.717, 1.165) is 16.4 Å². The third-order valence-electron chi connectivity index (χ3n) is 3.19. The molecule has 0 saturated heterocycles. The van der Waals surface area contributed by atoms with Crippen LogP contribution in [0.25, 0.3) is 0 Å². The van der Waals surface area contributed by atoms with Gasteiger partial charge in [-0.1, -0.05) is 32.3 Å². The van der Waals surface area contributed by atoms with Gasteiger partial charge in [0.15, 0.2) is 0 Å². The lowest BCUT2D eigenvalue weighted by molar-refractivity contribution is 0.475. The fourth-order valence-electron chi connectivity index (χ4n) is 2.24. The molecule has 2 nitrogen and oxygen atoms in total. The molecule has 104 valence electrons. The lowest BCUT2D eigenvalue weighted by Crippen LogP contribution is -2.10. The van der Waals surface area contributed by atoms with E-state index in [1.54, 1.807) is 7.05 Å². The molecule has 0 amide bonds. The zero-order chi connectivity index (χ0) is 14.7. The van der Waals surface area contributed by atoms with E-state index in [9.17, 15) is 5.11 Å². The predicted octanol–water partition coefficient (Wildman–Crippen LogP) is 3.00. The van der Waals surface area contributed by atoms with Crippen LogP contribution < -0.4 is 10.6 Å². The Labute approximate surface area is 122 Å². The van der Waals surface area contributed by atoms with E-state index in [1.807, 2.05) is 19.2 Å². The van der Waals surface area contributed by atoms with Crippen molar-refractivity contribution in [2.45, 2.75) is 20.8 Å². The van der Waals surface area contributed by atoms with Gasteiger partial charge in [-0.05, 0) is 49.3 Å². The molecule has 1 N–H and O–H groups in total. The van der Waals surface area contributed by atoms with Gasteiger partial charge in [0.05, 0.1) is 0 Å². The van der Waals surface area contributed by atoms with Crippen LogP contribution in [0.3, 0.4) is 0 Å². The third-order valence-corrected chi connectivity index (χ3v) is 4.56. The summed E-state index contributed by atoms with van der Waals surface area (Å²) in [7, 11) is 2.21. The van der Waals surface area contributed by atoms with Crippen molar-refractivity contribution in [3.8, 4) is 5.75 Å². The van der Waals surface area contributed by atoms with Crippen LogP contribution >= 0.6 is 8.58 Å². The number of nitrogens with zero attached hydrogens (tertiary/aromatic N) is 1. The third kappa shape index (κ3) is 3.26. The molecule has 0 fully saturated rings. The Morgan fingerprint density at radius 2 is 1.75 bits per heavy atom. The number of aromatic hydroxyl groups is 1. The molecule has 0 bridgehead atoms. The highest BCUT2D eigenvalue weighted by Gasteiger charge is 2.09. The van der Waals surface area contributed by atoms with Crippen molar-refractivity contribution < 1.29 is 5.11 Å². The summed E-state index contributed by atoms with van der Waals surface area (Å²) in [5, 5.41) is 12.4. The summed E-state index contributed by atoms with van der Waals surface area (Å²) in [5.74, 6) is 0.411. The molecule has 0 aliphatic carbocycles. The highest BCUT2D eigenvalue weighted by atomic mass is 31.1. The molecule has 3 heteroatoms. The van der Waals surface area contributed by atoms with Gasteiger partial charge in [-0.25, -0.2) is 0 Å². The lowest BCUT2D eigenvalue weighted by atomic mass is 10.1. The molecule has 0 aliphatic rings. The molecular formula is C17H20NOP. The summed E-state index contributed by atoms with van der Waals surface area (Å²) in [6.45, 7) is 6.08. The Balaban J connectivity index is 2.45. The Morgan fingerprint density at radius 3 is 2.45 bits per heavy atom. The number of benzene rings is 2. The maximum Gasteiger partial charge on any atom is 0.126 e. The molecule has 2 rings (SSSR count). The summed E-state index contributed by atoms with van der Waals surface area (Å²) < 4.78 is 0. The summed E-state index contributed by atoms with van der Waals surface area (Å²) >= 11 is 0. The number of hydrogen-bond acceptors (Lipinski definition) is 2. The average Bonchev–Trinajstić information content (AvgIpc) is 2.38. The molecule has 0 aromatic heterocycles. The second-order valence-corrected chi connectivity index (χ2v) is 6.41. The molecule has 0 saturated carbocycles. The Hall–Kier alpha value is -1.66. The van der Waals surface area contributed by atoms with Crippen LogP contribution in [0.15, 0.2) is 35.3 Å². The van der Waals surface area contributed by atoms with Crippen LogP contribution in [0.1, 0.15) is 22.3 Å². The number of phenolic OH excluding ortho intramolecular Hbond substituents is 1. The first kappa shape index (κ1) is 14.7. The van der Waals surface area contributed by atoms with Crippen molar-refractivity contribution in [2.75, 3.05) is 7.05 Å². The van der Waals surface area contributed by atoms with Crippen LogP contribution in [0.4, 0.5) is 0 Å². The van der Waals surface area contributed by atoms with E-state index < -0.39 is 0 Å². The zero-order valence-corrected chi connectivity index (χ0v) is 13.4. The maximum absolute atomic E-state index is 10.2. The molecule has 0 aliphatic heterocycles. The van der Waals surface area contributed by atoms with Crippen molar-refractivity contribution in [3.05, 3.63) is 52.6 Å². The summed E-state index contributed by atoms with van der Waals surface area (Å²) in [6, 6.07) is 10.4. The van der Waals surface area contributed by atoms with Gasteiger partial charge in [-0.2, -0.15) is 0 Å². The minimum atomic E-state index is 0.411. The molecule has 20 heavy (non-hydrogen) atoms. The van der Waals surface area contributed by atoms with Crippen LogP contribution in [0.2, 0.25) is 0 Å². The smallest absolute Gasteiger partial charge is 0.126 e. The van der Waals surface area contributed by atoms with E-state index in [4.69, 9.17) is 0 Å². The number of phenols is 1. The Bertz CT molecular complexity index is 662. The summed E-state index contributed by atoms with van der Waals surface area (Å²) in [4.78, 5) is 4.12. The molecule has 1 unspecified atom stereocenters. The second kappa shape index (κ2) is 6.19. The summed E-state index contributed by atoms with van der Waals surface area (Å²) in [6.07, 6.45) is 1.88. The topological polar surface area (TPSA) is 32.6 Å². The predicted molar refractivity (Wildman–Crippen MR) is 89.9 cm³/mol. The number of hydrogen-bond donors (Lipinski definition) is 1.